The summed E-state index contributed by atoms with van der Waals surface area (Å²) < 4.78 is 0. The molecule has 4 heteroatoms. The smallest absolute Gasteiger partial charge is 0.137 e. The van der Waals surface area contributed by atoms with E-state index >= 15 is 0 Å². The Kier molecular flexibility index (Phi) is 2.82. The van der Waals surface area contributed by atoms with E-state index in [0.29, 0.717) is 11.2 Å². The van der Waals surface area contributed by atoms with Gasteiger partial charge in [0.2, 0.25) is 0 Å². The first-order valence-electron chi connectivity index (χ1n) is 5.66. The van der Waals surface area contributed by atoms with Gasteiger partial charge < -0.3 is 4.90 Å². The molecule has 0 aromatic carbocycles. The standard InChI is InChI=1S/C12H18ClN3/c1-12(2,3)11-14-9(13)7-10(15-11)16(4)8-5-6-8/h7-8H,5-6H2,1-4H3. The molecule has 0 atom stereocenters. The third-order valence-corrected chi connectivity index (χ3v) is 3.00. The Balaban J connectivity index is 2.35. The molecule has 16 heavy (non-hydrogen) atoms. The van der Waals surface area contributed by atoms with E-state index in [1.807, 2.05) is 6.07 Å². The molecule has 0 radical (unpaired) electrons. The highest BCUT2D eigenvalue weighted by molar-refractivity contribution is 6.29. The van der Waals surface area contributed by atoms with Gasteiger partial charge >= 0.3 is 0 Å². The van der Waals surface area contributed by atoms with Gasteiger partial charge in [0.1, 0.15) is 16.8 Å². The Hall–Kier alpha value is -0.830. The molecular formula is C12H18ClN3. The number of hydrogen-bond donors (Lipinski definition) is 0. The molecule has 88 valence electrons. The van der Waals surface area contributed by atoms with Crippen LogP contribution < -0.4 is 4.90 Å². The van der Waals surface area contributed by atoms with E-state index < -0.39 is 0 Å². The third kappa shape index (κ3) is 2.46. The van der Waals surface area contributed by atoms with Crippen molar-refractivity contribution in [3.8, 4) is 0 Å². The van der Waals surface area contributed by atoms with E-state index in [9.17, 15) is 0 Å². The van der Waals surface area contributed by atoms with Gasteiger partial charge in [-0.1, -0.05) is 32.4 Å². The molecular weight excluding hydrogens is 222 g/mol. The first-order valence-corrected chi connectivity index (χ1v) is 6.03. The van der Waals surface area contributed by atoms with Crippen LogP contribution in [-0.2, 0) is 5.41 Å². The van der Waals surface area contributed by atoms with Crippen LogP contribution in [0.15, 0.2) is 6.07 Å². The van der Waals surface area contributed by atoms with Gasteiger partial charge in [0.05, 0.1) is 0 Å². The first-order chi connectivity index (χ1) is 7.38. The van der Waals surface area contributed by atoms with Crippen LogP contribution in [0.2, 0.25) is 5.15 Å². The monoisotopic (exact) mass is 239 g/mol. The Bertz CT molecular complexity index is 394. The van der Waals surface area contributed by atoms with Gasteiger partial charge in [-0.25, -0.2) is 9.97 Å². The van der Waals surface area contributed by atoms with Crippen molar-refractivity contribution < 1.29 is 0 Å². The summed E-state index contributed by atoms with van der Waals surface area (Å²) in [6.07, 6.45) is 2.51. The van der Waals surface area contributed by atoms with Gasteiger partial charge in [-0.3, -0.25) is 0 Å². The highest BCUT2D eigenvalue weighted by Gasteiger charge is 2.28. The van der Waals surface area contributed by atoms with Crippen LogP contribution in [0.25, 0.3) is 0 Å². The third-order valence-electron chi connectivity index (χ3n) is 2.81. The second kappa shape index (κ2) is 3.88. The van der Waals surface area contributed by atoms with E-state index in [0.717, 1.165) is 11.6 Å². The fraction of sp³-hybridized carbons (Fsp3) is 0.667. The fourth-order valence-electron chi connectivity index (χ4n) is 1.57. The second-order valence-corrected chi connectivity index (χ2v) is 5.85. The predicted octanol–water partition coefficient (Wildman–Crippen LogP) is 3.03. The van der Waals surface area contributed by atoms with Crippen LogP contribution >= 0.6 is 11.6 Å². The minimum absolute atomic E-state index is 0.0654. The molecule has 1 fully saturated rings. The van der Waals surface area contributed by atoms with Crippen molar-refractivity contribution in [1.82, 2.24) is 9.97 Å². The van der Waals surface area contributed by atoms with Crippen LogP contribution in [0.3, 0.4) is 0 Å². The maximum Gasteiger partial charge on any atom is 0.137 e. The Morgan fingerprint density at radius 2 is 1.94 bits per heavy atom. The van der Waals surface area contributed by atoms with E-state index in [-0.39, 0.29) is 5.41 Å². The normalized spacial score (nSPS) is 16.3. The number of aromatic nitrogens is 2. The van der Waals surface area contributed by atoms with Crippen LogP contribution in [-0.4, -0.2) is 23.1 Å². The van der Waals surface area contributed by atoms with E-state index in [2.05, 4.69) is 42.7 Å². The Morgan fingerprint density at radius 3 is 2.44 bits per heavy atom. The lowest BCUT2D eigenvalue weighted by molar-refractivity contribution is 0.544. The van der Waals surface area contributed by atoms with Crippen LogP contribution in [0.5, 0.6) is 0 Å². The first kappa shape index (κ1) is 11.6. The maximum absolute atomic E-state index is 6.05. The predicted molar refractivity (Wildman–Crippen MR) is 67.2 cm³/mol. The van der Waals surface area contributed by atoms with Gasteiger partial charge in [0.15, 0.2) is 0 Å². The molecule has 0 unspecified atom stereocenters. The number of hydrogen-bond acceptors (Lipinski definition) is 3. The largest absolute Gasteiger partial charge is 0.357 e. The van der Waals surface area contributed by atoms with E-state index in [1.165, 1.54) is 12.8 Å². The SMILES string of the molecule is CN(c1cc(Cl)nc(C(C)(C)C)n1)C1CC1. The van der Waals surface area contributed by atoms with E-state index in [4.69, 9.17) is 11.6 Å². The molecule has 0 saturated heterocycles. The van der Waals surface area contributed by atoms with Gasteiger partial charge in [0.25, 0.3) is 0 Å². The highest BCUT2D eigenvalue weighted by atomic mass is 35.5. The number of rotatable bonds is 2. The molecule has 1 aromatic rings. The quantitative estimate of drug-likeness (QED) is 0.743. The molecule has 1 heterocycles. The molecule has 0 bridgehead atoms. The van der Waals surface area contributed by atoms with E-state index in [1.54, 1.807) is 0 Å². The van der Waals surface area contributed by atoms with Gasteiger partial charge in [-0.05, 0) is 12.8 Å². The lowest BCUT2D eigenvalue weighted by Crippen LogP contribution is -2.24. The fourth-order valence-corrected chi connectivity index (χ4v) is 1.75. The van der Waals surface area contributed by atoms with Gasteiger partial charge in [0, 0.05) is 24.6 Å². The number of halogens is 1. The highest BCUT2D eigenvalue weighted by Crippen LogP contribution is 2.31. The summed E-state index contributed by atoms with van der Waals surface area (Å²) >= 11 is 6.05. The maximum atomic E-state index is 6.05. The summed E-state index contributed by atoms with van der Waals surface area (Å²) in [6.45, 7) is 6.29. The zero-order valence-corrected chi connectivity index (χ0v) is 11.0. The molecule has 0 spiro atoms. The zero-order valence-electron chi connectivity index (χ0n) is 10.3. The molecule has 0 aliphatic heterocycles. The van der Waals surface area contributed by atoms with Crippen molar-refractivity contribution in [3.05, 3.63) is 17.0 Å². The summed E-state index contributed by atoms with van der Waals surface area (Å²) in [5, 5.41) is 0.530. The summed E-state index contributed by atoms with van der Waals surface area (Å²) in [5.74, 6) is 1.75. The zero-order chi connectivity index (χ0) is 11.9. The van der Waals surface area contributed by atoms with Crippen molar-refractivity contribution in [3.63, 3.8) is 0 Å². The van der Waals surface area contributed by atoms with Crippen molar-refractivity contribution in [2.75, 3.05) is 11.9 Å². The average molecular weight is 240 g/mol. The minimum Gasteiger partial charge on any atom is -0.357 e. The topological polar surface area (TPSA) is 29.0 Å². The van der Waals surface area contributed by atoms with Crippen molar-refractivity contribution in [2.24, 2.45) is 0 Å². The van der Waals surface area contributed by atoms with Crippen LogP contribution in [0.1, 0.15) is 39.4 Å². The molecule has 2 rings (SSSR count). The molecule has 3 nitrogen and oxygen atoms in total. The summed E-state index contributed by atoms with van der Waals surface area (Å²) in [5.41, 5.74) is -0.0654. The van der Waals surface area contributed by atoms with Crippen molar-refractivity contribution in [2.45, 2.75) is 45.1 Å². The summed E-state index contributed by atoms with van der Waals surface area (Å²) in [7, 11) is 2.07. The van der Waals surface area contributed by atoms with Crippen molar-refractivity contribution >= 4 is 17.4 Å². The number of anilines is 1. The molecule has 1 aromatic heterocycles. The Labute approximate surface area is 102 Å². The summed E-state index contributed by atoms with van der Waals surface area (Å²) in [4.78, 5) is 11.1. The second-order valence-electron chi connectivity index (χ2n) is 5.46. The molecule has 1 aliphatic rings. The minimum atomic E-state index is -0.0654. The molecule has 0 N–H and O–H groups in total. The molecule has 1 saturated carbocycles. The van der Waals surface area contributed by atoms with Gasteiger partial charge in [-0.2, -0.15) is 0 Å². The van der Waals surface area contributed by atoms with Crippen LogP contribution in [0, 0.1) is 0 Å². The van der Waals surface area contributed by atoms with Gasteiger partial charge in [-0.15, -0.1) is 0 Å². The van der Waals surface area contributed by atoms with Crippen molar-refractivity contribution in [1.29, 1.82) is 0 Å². The average Bonchev–Trinajstić information content (AvgIpc) is 2.97. The summed E-state index contributed by atoms with van der Waals surface area (Å²) in [6, 6.07) is 2.48. The lowest BCUT2D eigenvalue weighted by Gasteiger charge is -2.22. The molecule has 0 amide bonds. The Morgan fingerprint density at radius 1 is 1.31 bits per heavy atom. The molecule has 1 aliphatic carbocycles. The lowest BCUT2D eigenvalue weighted by atomic mass is 9.96. The van der Waals surface area contributed by atoms with Crippen LogP contribution in [0.4, 0.5) is 5.82 Å². The number of nitrogens with zero attached hydrogens (tertiary/aromatic N) is 3.